The molecule has 9 nitrogen and oxygen atoms in total. The first-order valence-corrected chi connectivity index (χ1v) is 7.46. The number of carbonyl (C=O) groups is 1. The standard InChI is InChI=1S/C14H18FN7O2/c15-12-7-10(1-2-13(12)17-3-4-18-16)22-9-11(24-14(22)23)8-21-6-5-19-20-21/h1-2,5-7,11,17-18H,3-4,8-9,16H2/t11-/m0/s1. The number of anilines is 2. The summed E-state index contributed by atoms with van der Waals surface area (Å²) in [4.78, 5) is 13.4. The largest absolute Gasteiger partial charge is 0.442 e. The number of halogens is 1. The highest BCUT2D eigenvalue weighted by Crippen LogP contribution is 2.26. The van der Waals surface area contributed by atoms with Gasteiger partial charge in [-0.1, -0.05) is 5.21 Å². The van der Waals surface area contributed by atoms with E-state index in [1.54, 1.807) is 29.2 Å². The Labute approximate surface area is 137 Å². The minimum Gasteiger partial charge on any atom is -0.442 e. The molecule has 1 saturated heterocycles. The van der Waals surface area contributed by atoms with E-state index in [-0.39, 0.29) is 6.10 Å². The second-order valence-corrected chi connectivity index (χ2v) is 5.29. The van der Waals surface area contributed by atoms with Crippen LogP contribution in [0.4, 0.5) is 20.6 Å². The van der Waals surface area contributed by atoms with Gasteiger partial charge in [0.15, 0.2) is 0 Å². The summed E-state index contributed by atoms with van der Waals surface area (Å²) < 4.78 is 21.0. The molecule has 24 heavy (non-hydrogen) atoms. The number of cyclic esters (lactones) is 1. The highest BCUT2D eigenvalue weighted by atomic mass is 19.1. The Kier molecular flexibility index (Phi) is 4.87. The lowest BCUT2D eigenvalue weighted by atomic mass is 10.2. The normalized spacial score (nSPS) is 17.2. The summed E-state index contributed by atoms with van der Waals surface area (Å²) >= 11 is 0. The molecule has 4 N–H and O–H groups in total. The zero-order valence-corrected chi connectivity index (χ0v) is 12.9. The van der Waals surface area contributed by atoms with Crippen molar-refractivity contribution >= 4 is 17.5 Å². The Hall–Kier alpha value is -2.72. The van der Waals surface area contributed by atoms with Gasteiger partial charge in [-0.2, -0.15) is 0 Å². The lowest BCUT2D eigenvalue weighted by Crippen LogP contribution is -2.28. The summed E-state index contributed by atoms with van der Waals surface area (Å²) in [5.74, 6) is 4.72. The van der Waals surface area contributed by atoms with Crippen molar-refractivity contribution in [2.45, 2.75) is 12.6 Å². The summed E-state index contributed by atoms with van der Waals surface area (Å²) in [5.41, 5.74) is 3.27. The van der Waals surface area contributed by atoms with Crippen LogP contribution < -0.4 is 21.5 Å². The smallest absolute Gasteiger partial charge is 0.414 e. The van der Waals surface area contributed by atoms with Gasteiger partial charge in [0, 0.05) is 19.3 Å². The lowest BCUT2D eigenvalue weighted by Gasteiger charge is -2.15. The van der Waals surface area contributed by atoms with Crippen molar-refractivity contribution in [3.8, 4) is 0 Å². The number of nitrogens with two attached hydrogens (primary N) is 1. The first-order chi connectivity index (χ1) is 11.7. The maximum absolute atomic E-state index is 14.1. The Morgan fingerprint density at radius 1 is 1.42 bits per heavy atom. The minimum atomic E-state index is -0.507. The van der Waals surface area contributed by atoms with Gasteiger partial charge in [0.05, 0.1) is 30.7 Å². The van der Waals surface area contributed by atoms with Crippen LogP contribution in [0.3, 0.4) is 0 Å². The fourth-order valence-corrected chi connectivity index (χ4v) is 2.45. The monoisotopic (exact) mass is 335 g/mol. The number of rotatable bonds is 7. The molecule has 10 heteroatoms. The van der Waals surface area contributed by atoms with Crippen LogP contribution in [0.15, 0.2) is 30.6 Å². The molecule has 0 spiro atoms. The average Bonchev–Trinajstić information content (AvgIpc) is 3.19. The van der Waals surface area contributed by atoms with Gasteiger partial charge >= 0.3 is 6.09 Å². The van der Waals surface area contributed by atoms with Crippen LogP contribution in [-0.4, -0.2) is 46.8 Å². The molecule has 0 unspecified atom stereocenters. The molecule has 1 aliphatic rings. The van der Waals surface area contributed by atoms with Gasteiger partial charge < -0.3 is 10.1 Å². The number of nitrogens with zero attached hydrogens (tertiary/aromatic N) is 4. The van der Waals surface area contributed by atoms with Gasteiger partial charge in [0.1, 0.15) is 11.9 Å². The maximum Gasteiger partial charge on any atom is 0.414 e. The Morgan fingerprint density at radius 3 is 3.00 bits per heavy atom. The van der Waals surface area contributed by atoms with Crippen molar-refractivity contribution in [3.63, 3.8) is 0 Å². The summed E-state index contributed by atoms with van der Waals surface area (Å²) in [7, 11) is 0. The van der Waals surface area contributed by atoms with Crippen molar-refractivity contribution in [1.29, 1.82) is 0 Å². The van der Waals surface area contributed by atoms with E-state index in [4.69, 9.17) is 10.6 Å². The van der Waals surface area contributed by atoms with Crippen molar-refractivity contribution in [3.05, 3.63) is 36.4 Å². The molecular weight excluding hydrogens is 317 g/mol. The molecular formula is C14H18FN7O2. The van der Waals surface area contributed by atoms with E-state index in [9.17, 15) is 9.18 Å². The number of benzene rings is 1. The third-order valence-corrected chi connectivity index (χ3v) is 3.59. The van der Waals surface area contributed by atoms with Crippen molar-refractivity contribution < 1.29 is 13.9 Å². The highest BCUT2D eigenvalue weighted by molar-refractivity contribution is 5.90. The summed E-state index contributed by atoms with van der Waals surface area (Å²) in [6.07, 6.45) is 2.37. The fraction of sp³-hybridized carbons (Fsp3) is 0.357. The van der Waals surface area contributed by atoms with Crippen LogP contribution in [0.1, 0.15) is 0 Å². The van der Waals surface area contributed by atoms with Crippen molar-refractivity contribution in [2.24, 2.45) is 5.84 Å². The lowest BCUT2D eigenvalue weighted by molar-refractivity contribution is 0.129. The number of amides is 1. The van der Waals surface area contributed by atoms with E-state index in [2.05, 4.69) is 21.1 Å². The SMILES string of the molecule is NNCCNc1ccc(N2C[C@H](Cn3ccnn3)OC2=O)cc1F. The van der Waals surface area contributed by atoms with E-state index in [0.717, 1.165) is 0 Å². The van der Waals surface area contributed by atoms with Crippen LogP contribution >= 0.6 is 0 Å². The number of aromatic nitrogens is 3. The second kappa shape index (κ2) is 7.23. The van der Waals surface area contributed by atoms with Gasteiger partial charge in [-0.3, -0.25) is 16.2 Å². The van der Waals surface area contributed by atoms with Gasteiger partial charge in [-0.25, -0.2) is 13.9 Å². The zero-order chi connectivity index (χ0) is 16.9. The quantitative estimate of drug-likeness (QED) is 0.380. The predicted octanol–water partition coefficient (Wildman–Crippen LogP) is 0.318. The summed E-state index contributed by atoms with van der Waals surface area (Å²) in [6, 6.07) is 4.55. The number of nitrogens with one attached hydrogen (secondary N) is 2. The number of hydrogen-bond donors (Lipinski definition) is 3. The van der Waals surface area contributed by atoms with Crippen LogP contribution in [0, 0.1) is 5.82 Å². The summed E-state index contributed by atoms with van der Waals surface area (Å²) in [5, 5.41) is 10.5. The van der Waals surface area contributed by atoms with Crippen LogP contribution in [-0.2, 0) is 11.3 Å². The predicted molar refractivity (Wildman–Crippen MR) is 84.7 cm³/mol. The molecule has 1 fully saturated rings. The first kappa shape index (κ1) is 16.1. The second-order valence-electron chi connectivity index (χ2n) is 5.29. The molecule has 1 aromatic carbocycles. The van der Waals surface area contributed by atoms with E-state index in [1.165, 1.54) is 11.0 Å². The Bertz CT molecular complexity index is 694. The molecule has 2 aromatic rings. The average molecular weight is 335 g/mol. The van der Waals surface area contributed by atoms with Crippen molar-refractivity contribution in [2.75, 3.05) is 29.9 Å². The molecule has 0 aliphatic carbocycles. The van der Waals surface area contributed by atoms with Gasteiger partial charge in [-0.15, -0.1) is 5.10 Å². The number of hydrogen-bond acceptors (Lipinski definition) is 7. The molecule has 1 aromatic heterocycles. The Morgan fingerprint density at radius 2 is 2.29 bits per heavy atom. The number of carbonyl (C=O) groups excluding carboxylic acids is 1. The third-order valence-electron chi connectivity index (χ3n) is 3.59. The molecule has 3 rings (SSSR count). The molecule has 1 aliphatic heterocycles. The molecule has 2 heterocycles. The molecule has 1 atom stereocenters. The maximum atomic E-state index is 14.1. The minimum absolute atomic E-state index is 0.321. The van der Waals surface area contributed by atoms with Gasteiger partial charge in [-0.05, 0) is 18.2 Å². The zero-order valence-electron chi connectivity index (χ0n) is 12.9. The third kappa shape index (κ3) is 3.60. The molecule has 0 saturated carbocycles. The molecule has 0 radical (unpaired) electrons. The van der Waals surface area contributed by atoms with Crippen LogP contribution in [0.25, 0.3) is 0 Å². The van der Waals surface area contributed by atoms with Gasteiger partial charge in [0.25, 0.3) is 0 Å². The fourth-order valence-electron chi connectivity index (χ4n) is 2.45. The Balaban J connectivity index is 1.65. The van der Waals surface area contributed by atoms with E-state index in [0.29, 0.717) is 37.6 Å². The summed E-state index contributed by atoms with van der Waals surface area (Å²) in [6.45, 7) is 1.71. The van der Waals surface area contributed by atoms with E-state index in [1.807, 2.05) is 0 Å². The van der Waals surface area contributed by atoms with Crippen molar-refractivity contribution in [1.82, 2.24) is 20.4 Å². The number of hydrazine groups is 1. The topological polar surface area (TPSA) is 110 Å². The van der Waals surface area contributed by atoms with Crippen LogP contribution in [0.5, 0.6) is 0 Å². The molecule has 0 bridgehead atoms. The van der Waals surface area contributed by atoms with E-state index < -0.39 is 11.9 Å². The number of ether oxygens (including phenoxy) is 1. The van der Waals surface area contributed by atoms with Gasteiger partial charge in [0.2, 0.25) is 0 Å². The highest BCUT2D eigenvalue weighted by Gasteiger charge is 2.33. The molecule has 1 amide bonds. The first-order valence-electron chi connectivity index (χ1n) is 7.46. The molecule has 128 valence electrons. The van der Waals surface area contributed by atoms with E-state index >= 15 is 0 Å². The van der Waals surface area contributed by atoms with Crippen LogP contribution in [0.2, 0.25) is 0 Å².